The summed E-state index contributed by atoms with van der Waals surface area (Å²) < 4.78 is 5.40. The first kappa shape index (κ1) is 21.6. The van der Waals surface area contributed by atoms with Gasteiger partial charge in [-0.2, -0.15) is 0 Å². The van der Waals surface area contributed by atoms with Crippen LogP contribution in [0.25, 0.3) is 0 Å². The zero-order valence-electron chi connectivity index (χ0n) is 17.2. The molecule has 2 amide bonds. The van der Waals surface area contributed by atoms with Gasteiger partial charge in [0.1, 0.15) is 6.61 Å². The molecule has 2 unspecified atom stereocenters. The van der Waals surface area contributed by atoms with Crippen molar-refractivity contribution < 1.29 is 19.4 Å². The van der Waals surface area contributed by atoms with E-state index < -0.39 is 12.2 Å². The van der Waals surface area contributed by atoms with Crippen molar-refractivity contribution in [1.82, 2.24) is 14.7 Å². The van der Waals surface area contributed by atoms with Gasteiger partial charge in [0.2, 0.25) is 0 Å². The van der Waals surface area contributed by atoms with Gasteiger partial charge in [0.05, 0.1) is 18.7 Å². The average molecular weight is 444 g/mol. The Morgan fingerprint density at radius 2 is 1.61 bits per heavy atom. The van der Waals surface area contributed by atoms with Crippen molar-refractivity contribution in [1.29, 1.82) is 0 Å². The highest BCUT2D eigenvalue weighted by molar-refractivity contribution is 6.30. The molecule has 2 aromatic rings. The predicted octanol–water partition coefficient (Wildman–Crippen LogP) is 2.48. The molecule has 8 heteroatoms. The Kier molecular flexibility index (Phi) is 6.75. The second kappa shape index (κ2) is 9.68. The smallest absolute Gasteiger partial charge is 0.410 e. The molecule has 2 heterocycles. The number of benzene rings is 2. The Bertz CT molecular complexity index is 901. The molecule has 7 nitrogen and oxygen atoms in total. The lowest BCUT2D eigenvalue weighted by Crippen LogP contribution is -2.54. The van der Waals surface area contributed by atoms with Crippen molar-refractivity contribution in [3.63, 3.8) is 0 Å². The molecule has 0 saturated carbocycles. The molecule has 2 saturated heterocycles. The first-order chi connectivity index (χ1) is 15.0. The lowest BCUT2D eigenvalue weighted by atomic mass is 10.1. The van der Waals surface area contributed by atoms with Crippen LogP contribution in [0.2, 0.25) is 5.02 Å². The van der Waals surface area contributed by atoms with Crippen LogP contribution in [0.4, 0.5) is 4.79 Å². The summed E-state index contributed by atoms with van der Waals surface area (Å²) in [6, 6.07) is 16.3. The highest BCUT2D eigenvalue weighted by Crippen LogP contribution is 2.20. The van der Waals surface area contributed by atoms with E-state index in [-0.39, 0.29) is 25.1 Å². The molecule has 2 aliphatic rings. The fraction of sp³-hybridized carbons (Fsp3) is 0.391. The number of amides is 2. The highest BCUT2D eigenvalue weighted by atomic mass is 35.5. The summed E-state index contributed by atoms with van der Waals surface area (Å²) in [6.45, 7) is 3.32. The van der Waals surface area contributed by atoms with Gasteiger partial charge < -0.3 is 19.6 Å². The third kappa shape index (κ3) is 5.18. The van der Waals surface area contributed by atoms with Crippen molar-refractivity contribution in [2.24, 2.45) is 0 Å². The van der Waals surface area contributed by atoms with Crippen molar-refractivity contribution in [2.75, 3.05) is 39.3 Å². The molecule has 1 N–H and O–H groups in total. The second-order valence-electron chi connectivity index (χ2n) is 7.91. The van der Waals surface area contributed by atoms with E-state index in [9.17, 15) is 14.7 Å². The quantitative estimate of drug-likeness (QED) is 0.785. The maximum absolute atomic E-state index is 12.7. The first-order valence-corrected chi connectivity index (χ1v) is 10.8. The predicted molar refractivity (Wildman–Crippen MR) is 117 cm³/mol. The number of rotatable bonds is 4. The van der Waals surface area contributed by atoms with Gasteiger partial charge in [-0.3, -0.25) is 9.69 Å². The van der Waals surface area contributed by atoms with Crippen molar-refractivity contribution in [3.8, 4) is 0 Å². The largest absolute Gasteiger partial charge is 0.445 e. The summed E-state index contributed by atoms with van der Waals surface area (Å²) >= 11 is 5.90. The van der Waals surface area contributed by atoms with Crippen LogP contribution >= 0.6 is 11.6 Å². The van der Waals surface area contributed by atoms with Gasteiger partial charge in [-0.25, -0.2) is 4.79 Å². The standard InChI is InChI=1S/C23H26ClN3O4/c24-19-8-6-18(7-9-19)22(29)26-12-10-25(11-13-26)20-14-27(15-21(20)28)23(30)31-16-17-4-2-1-3-5-17/h1-9,20-21,28H,10-16H2. The zero-order chi connectivity index (χ0) is 21.8. The third-order valence-electron chi connectivity index (χ3n) is 5.88. The minimum absolute atomic E-state index is 0.0191. The number of piperazine rings is 1. The van der Waals surface area contributed by atoms with Crippen LogP contribution in [-0.2, 0) is 11.3 Å². The molecule has 0 aliphatic carbocycles. The Hall–Kier alpha value is -2.61. The van der Waals surface area contributed by atoms with Crippen molar-refractivity contribution >= 4 is 23.6 Å². The summed E-state index contributed by atoms with van der Waals surface area (Å²) in [4.78, 5) is 30.6. The Balaban J connectivity index is 1.27. The molecule has 0 aromatic heterocycles. The van der Waals surface area contributed by atoms with Gasteiger partial charge in [-0.1, -0.05) is 41.9 Å². The van der Waals surface area contributed by atoms with Gasteiger partial charge in [-0.15, -0.1) is 0 Å². The number of carbonyl (C=O) groups excluding carboxylic acids is 2. The Morgan fingerprint density at radius 1 is 0.935 bits per heavy atom. The summed E-state index contributed by atoms with van der Waals surface area (Å²) in [5.74, 6) is -0.0191. The summed E-state index contributed by atoms with van der Waals surface area (Å²) in [7, 11) is 0. The fourth-order valence-corrected chi connectivity index (χ4v) is 4.25. The minimum Gasteiger partial charge on any atom is -0.445 e. The van der Waals surface area contributed by atoms with E-state index in [2.05, 4.69) is 4.90 Å². The maximum Gasteiger partial charge on any atom is 0.410 e. The monoisotopic (exact) mass is 443 g/mol. The van der Waals surface area contributed by atoms with E-state index in [0.717, 1.165) is 5.56 Å². The zero-order valence-corrected chi connectivity index (χ0v) is 17.9. The third-order valence-corrected chi connectivity index (χ3v) is 6.14. The number of ether oxygens (including phenoxy) is 1. The number of β-amino-alcohol motifs (C(OH)–C–C–N with tert-alkyl or cyclic N) is 1. The van der Waals surface area contributed by atoms with Gasteiger partial charge in [0.15, 0.2) is 0 Å². The molecular formula is C23H26ClN3O4. The van der Waals surface area contributed by atoms with Crippen LogP contribution in [0, 0.1) is 0 Å². The van der Waals surface area contributed by atoms with E-state index in [1.165, 1.54) is 0 Å². The SMILES string of the molecule is O=C(OCc1ccccc1)N1CC(O)C(N2CCN(C(=O)c3ccc(Cl)cc3)CC2)C1. The van der Waals surface area contributed by atoms with Crippen LogP contribution in [0.5, 0.6) is 0 Å². The number of halogens is 1. The molecular weight excluding hydrogens is 418 g/mol. The van der Waals surface area contributed by atoms with E-state index in [1.807, 2.05) is 35.2 Å². The molecule has 2 aromatic carbocycles. The lowest BCUT2D eigenvalue weighted by Gasteiger charge is -2.38. The maximum atomic E-state index is 12.7. The number of carbonyl (C=O) groups is 2. The fourth-order valence-electron chi connectivity index (χ4n) is 4.12. The van der Waals surface area contributed by atoms with E-state index >= 15 is 0 Å². The summed E-state index contributed by atoms with van der Waals surface area (Å²) in [6.07, 6.45) is -1.05. The lowest BCUT2D eigenvalue weighted by molar-refractivity contribution is 0.0376. The van der Waals surface area contributed by atoms with Crippen molar-refractivity contribution in [3.05, 3.63) is 70.7 Å². The number of hydrogen-bond donors (Lipinski definition) is 1. The van der Waals surface area contributed by atoms with E-state index in [0.29, 0.717) is 43.3 Å². The molecule has 0 spiro atoms. The topological polar surface area (TPSA) is 73.3 Å². The van der Waals surface area contributed by atoms with Gasteiger partial charge in [0, 0.05) is 43.3 Å². The Morgan fingerprint density at radius 3 is 2.29 bits per heavy atom. The Labute approximate surface area is 186 Å². The number of likely N-dealkylation sites (tertiary alicyclic amines) is 1. The molecule has 0 radical (unpaired) electrons. The first-order valence-electron chi connectivity index (χ1n) is 10.4. The molecule has 164 valence electrons. The second-order valence-corrected chi connectivity index (χ2v) is 8.35. The molecule has 2 fully saturated rings. The molecule has 4 rings (SSSR count). The van der Waals surface area contributed by atoms with Crippen LogP contribution < -0.4 is 0 Å². The van der Waals surface area contributed by atoms with Crippen LogP contribution in [-0.4, -0.2) is 83.2 Å². The minimum atomic E-state index is -0.636. The molecule has 2 atom stereocenters. The average Bonchev–Trinajstić information content (AvgIpc) is 3.20. The van der Waals surface area contributed by atoms with E-state index in [1.54, 1.807) is 29.2 Å². The van der Waals surface area contributed by atoms with Crippen LogP contribution in [0.1, 0.15) is 15.9 Å². The number of aliphatic hydroxyl groups is 1. The van der Waals surface area contributed by atoms with Gasteiger partial charge in [0.25, 0.3) is 5.91 Å². The summed E-state index contributed by atoms with van der Waals surface area (Å²) in [5, 5.41) is 11.1. The van der Waals surface area contributed by atoms with E-state index in [4.69, 9.17) is 16.3 Å². The highest BCUT2D eigenvalue weighted by Gasteiger charge is 2.39. The number of nitrogens with zero attached hydrogens (tertiary/aromatic N) is 3. The van der Waals surface area contributed by atoms with Gasteiger partial charge in [-0.05, 0) is 29.8 Å². The van der Waals surface area contributed by atoms with Crippen LogP contribution in [0.3, 0.4) is 0 Å². The summed E-state index contributed by atoms with van der Waals surface area (Å²) in [5.41, 5.74) is 1.54. The number of hydrogen-bond acceptors (Lipinski definition) is 5. The van der Waals surface area contributed by atoms with Gasteiger partial charge >= 0.3 is 6.09 Å². The molecule has 0 bridgehead atoms. The molecule has 2 aliphatic heterocycles. The molecule has 31 heavy (non-hydrogen) atoms. The van der Waals surface area contributed by atoms with Crippen molar-refractivity contribution in [2.45, 2.75) is 18.8 Å². The normalized spacial score (nSPS) is 21.9. The number of aliphatic hydroxyl groups excluding tert-OH is 1. The van der Waals surface area contributed by atoms with Crippen LogP contribution in [0.15, 0.2) is 54.6 Å².